The quantitative estimate of drug-likeness (QED) is 0.736. The van der Waals surface area contributed by atoms with Crippen LogP contribution in [-0.4, -0.2) is 28.8 Å². The van der Waals surface area contributed by atoms with Crippen LogP contribution in [0.5, 0.6) is 0 Å². The number of aliphatic carboxylic acids is 1. The van der Waals surface area contributed by atoms with E-state index in [-0.39, 0.29) is 17.9 Å². The van der Waals surface area contributed by atoms with E-state index in [9.17, 15) is 14.7 Å². The summed E-state index contributed by atoms with van der Waals surface area (Å²) in [6.45, 7) is 5.34. The van der Waals surface area contributed by atoms with Gasteiger partial charge in [0.15, 0.2) is 0 Å². The molecule has 2 unspecified atom stereocenters. The Morgan fingerprint density at radius 2 is 1.89 bits per heavy atom. The molecule has 2 rings (SSSR count). The topological polar surface area (TPSA) is 75.6 Å². The fourth-order valence-electron chi connectivity index (χ4n) is 2.80. The third-order valence-corrected chi connectivity index (χ3v) is 3.43. The molecule has 100 valence electrons. The molecule has 2 aliphatic carbocycles. The molecule has 5 heteroatoms. The lowest BCUT2D eigenvalue weighted by Gasteiger charge is -2.27. The van der Waals surface area contributed by atoms with Gasteiger partial charge >= 0.3 is 12.1 Å². The first kappa shape index (κ1) is 12.9. The predicted octanol–water partition coefficient (Wildman–Crippen LogP) is 1.79. The number of hydrogen-bond acceptors (Lipinski definition) is 3. The van der Waals surface area contributed by atoms with Crippen molar-refractivity contribution in [3.05, 3.63) is 12.2 Å². The maximum Gasteiger partial charge on any atom is 0.407 e. The molecule has 0 spiro atoms. The average Bonchev–Trinajstić information content (AvgIpc) is 2.73. The average molecular weight is 253 g/mol. The highest BCUT2D eigenvalue weighted by Crippen LogP contribution is 2.43. The Morgan fingerprint density at radius 3 is 2.44 bits per heavy atom. The third-order valence-electron chi connectivity index (χ3n) is 3.43. The fraction of sp³-hybridized carbons (Fsp3) is 0.692. The number of carboxylic acid groups (broad SMARTS) is 1. The smallest absolute Gasteiger partial charge is 0.407 e. The molecule has 2 bridgehead atoms. The maximum absolute atomic E-state index is 11.7. The van der Waals surface area contributed by atoms with Crippen molar-refractivity contribution in [2.45, 2.75) is 38.8 Å². The summed E-state index contributed by atoms with van der Waals surface area (Å²) >= 11 is 0. The van der Waals surface area contributed by atoms with Gasteiger partial charge in [-0.2, -0.15) is 0 Å². The number of fused-ring (bicyclic) bond motifs is 2. The molecule has 0 aliphatic heterocycles. The van der Waals surface area contributed by atoms with Gasteiger partial charge in [0.2, 0.25) is 0 Å². The number of hydrogen-bond donors (Lipinski definition) is 2. The number of carbonyl (C=O) groups excluding carboxylic acids is 1. The second kappa shape index (κ2) is 4.30. The van der Waals surface area contributed by atoms with Crippen LogP contribution in [0.25, 0.3) is 0 Å². The Kier molecular flexibility index (Phi) is 3.09. The van der Waals surface area contributed by atoms with Crippen molar-refractivity contribution in [3.8, 4) is 0 Å². The zero-order valence-electron chi connectivity index (χ0n) is 10.8. The van der Waals surface area contributed by atoms with Crippen molar-refractivity contribution in [2.75, 3.05) is 0 Å². The standard InChI is InChI=1S/C13H19NO4/c1-13(2,3)18-12(17)14-10-8-5-4-7(6-8)9(10)11(15)16/h4-5,7-10H,6H2,1-3H3,(H,14,17)(H,15,16)/t7?,8?,9-,10+/m0/s1. The minimum Gasteiger partial charge on any atom is -0.481 e. The summed E-state index contributed by atoms with van der Waals surface area (Å²) < 4.78 is 5.17. The minimum absolute atomic E-state index is 0.0347. The van der Waals surface area contributed by atoms with Crippen molar-refractivity contribution in [1.29, 1.82) is 0 Å². The van der Waals surface area contributed by atoms with Crippen LogP contribution in [0.1, 0.15) is 27.2 Å². The highest BCUT2D eigenvalue weighted by Gasteiger charge is 2.49. The number of allylic oxidation sites excluding steroid dienone is 1. The molecule has 2 aliphatic rings. The van der Waals surface area contributed by atoms with E-state index in [1.165, 1.54) is 0 Å². The van der Waals surface area contributed by atoms with E-state index in [0.29, 0.717) is 0 Å². The van der Waals surface area contributed by atoms with Crippen LogP contribution >= 0.6 is 0 Å². The van der Waals surface area contributed by atoms with Gasteiger partial charge in [0.25, 0.3) is 0 Å². The number of ether oxygens (including phenoxy) is 1. The molecule has 0 aromatic carbocycles. The number of carboxylic acids is 1. The number of nitrogens with one attached hydrogen (secondary N) is 1. The Hall–Kier alpha value is -1.52. The van der Waals surface area contributed by atoms with E-state index < -0.39 is 23.6 Å². The minimum atomic E-state index is -0.854. The van der Waals surface area contributed by atoms with E-state index in [1.54, 1.807) is 20.8 Å². The van der Waals surface area contributed by atoms with E-state index in [2.05, 4.69) is 5.32 Å². The van der Waals surface area contributed by atoms with Crippen LogP contribution in [0.15, 0.2) is 12.2 Å². The number of carbonyl (C=O) groups is 2. The Balaban J connectivity index is 2.02. The molecule has 4 atom stereocenters. The predicted molar refractivity (Wildman–Crippen MR) is 65.0 cm³/mol. The lowest BCUT2D eigenvalue weighted by molar-refractivity contribution is -0.143. The van der Waals surface area contributed by atoms with Gasteiger partial charge < -0.3 is 15.2 Å². The van der Waals surface area contributed by atoms with Crippen molar-refractivity contribution >= 4 is 12.1 Å². The first-order valence-electron chi connectivity index (χ1n) is 6.18. The molecular weight excluding hydrogens is 234 g/mol. The number of alkyl carbamates (subject to hydrolysis) is 1. The van der Waals surface area contributed by atoms with Crippen molar-refractivity contribution in [3.63, 3.8) is 0 Å². The lowest BCUT2D eigenvalue weighted by atomic mass is 9.89. The molecule has 5 nitrogen and oxygen atoms in total. The van der Waals surface area contributed by atoms with Gasteiger partial charge in [-0.3, -0.25) is 4.79 Å². The van der Waals surface area contributed by atoms with Crippen molar-refractivity contribution in [1.82, 2.24) is 5.32 Å². The van der Waals surface area contributed by atoms with Gasteiger partial charge in [0.1, 0.15) is 5.60 Å². The van der Waals surface area contributed by atoms with Gasteiger partial charge in [-0.05, 0) is 39.0 Å². The molecule has 1 saturated carbocycles. The normalized spacial score (nSPS) is 33.5. The Labute approximate surface area is 106 Å². The Bertz CT molecular complexity index is 396. The molecule has 0 radical (unpaired) electrons. The molecule has 0 heterocycles. The van der Waals surface area contributed by atoms with Gasteiger partial charge in [-0.1, -0.05) is 12.2 Å². The fourth-order valence-corrected chi connectivity index (χ4v) is 2.80. The largest absolute Gasteiger partial charge is 0.481 e. The monoisotopic (exact) mass is 253 g/mol. The zero-order chi connectivity index (χ0) is 13.5. The highest BCUT2D eigenvalue weighted by molar-refractivity contribution is 5.75. The molecule has 1 amide bonds. The van der Waals surface area contributed by atoms with E-state index >= 15 is 0 Å². The van der Waals surface area contributed by atoms with Gasteiger partial charge in [0.05, 0.1) is 12.0 Å². The maximum atomic E-state index is 11.7. The molecule has 0 aromatic heterocycles. The van der Waals surface area contributed by atoms with Gasteiger partial charge in [-0.15, -0.1) is 0 Å². The number of rotatable bonds is 2. The SMILES string of the molecule is CC(C)(C)OC(=O)N[C@@H]1C2C=CC(C2)[C@@H]1C(=O)O. The molecule has 0 aromatic rings. The summed E-state index contributed by atoms with van der Waals surface area (Å²) in [6.07, 6.45) is 4.19. The second-order valence-electron chi connectivity index (χ2n) is 5.98. The highest BCUT2D eigenvalue weighted by atomic mass is 16.6. The molecular formula is C13H19NO4. The summed E-state index contributed by atoms with van der Waals surface area (Å²) in [4.78, 5) is 23.0. The van der Waals surface area contributed by atoms with Crippen LogP contribution in [0, 0.1) is 17.8 Å². The summed E-state index contributed by atoms with van der Waals surface area (Å²) in [5.41, 5.74) is -0.573. The van der Waals surface area contributed by atoms with Crippen LogP contribution in [0.3, 0.4) is 0 Å². The van der Waals surface area contributed by atoms with Gasteiger partial charge in [0, 0.05) is 0 Å². The lowest BCUT2D eigenvalue weighted by Crippen LogP contribution is -2.47. The van der Waals surface area contributed by atoms with Crippen LogP contribution < -0.4 is 5.32 Å². The summed E-state index contributed by atoms with van der Waals surface area (Å²) in [5, 5.41) is 11.9. The van der Waals surface area contributed by atoms with Crippen LogP contribution in [0.2, 0.25) is 0 Å². The summed E-state index contributed by atoms with van der Waals surface area (Å²) in [5.74, 6) is -1.24. The summed E-state index contributed by atoms with van der Waals surface area (Å²) in [7, 11) is 0. The molecule has 18 heavy (non-hydrogen) atoms. The van der Waals surface area contributed by atoms with Crippen molar-refractivity contribution < 1.29 is 19.4 Å². The van der Waals surface area contributed by atoms with Gasteiger partial charge in [-0.25, -0.2) is 4.79 Å². The zero-order valence-corrected chi connectivity index (χ0v) is 10.8. The first-order chi connectivity index (χ1) is 8.28. The van der Waals surface area contributed by atoms with E-state index in [1.807, 2.05) is 12.2 Å². The van der Waals surface area contributed by atoms with Crippen LogP contribution in [0.4, 0.5) is 4.79 Å². The molecule has 2 N–H and O–H groups in total. The molecule has 0 saturated heterocycles. The summed E-state index contributed by atoms with van der Waals surface area (Å²) in [6, 6.07) is -0.354. The Morgan fingerprint density at radius 1 is 1.28 bits per heavy atom. The molecule has 1 fully saturated rings. The van der Waals surface area contributed by atoms with Crippen LogP contribution in [-0.2, 0) is 9.53 Å². The van der Waals surface area contributed by atoms with Crippen molar-refractivity contribution in [2.24, 2.45) is 17.8 Å². The number of amides is 1. The first-order valence-corrected chi connectivity index (χ1v) is 6.18. The third kappa shape index (κ3) is 2.49. The second-order valence-corrected chi connectivity index (χ2v) is 5.98. The van der Waals surface area contributed by atoms with E-state index in [4.69, 9.17) is 4.74 Å². The van der Waals surface area contributed by atoms with E-state index in [0.717, 1.165) is 6.42 Å².